The minimum atomic E-state index is -0.381. The third kappa shape index (κ3) is 3.28. The van der Waals surface area contributed by atoms with Gasteiger partial charge in [0.1, 0.15) is 17.3 Å². The number of benzene rings is 1. The summed E-state index contributed by atoms with van der Waals surface area (Å²) in [4.78, 5) is 16.6. The van der Waals surface area contributed by atoms with E-state index in [1.807, 2.05) is 30.3 Å². The molecule has 0 radical (unpaired) electrons. The average molecular weight is 436 g/mol. The summed E-state index contributed by atoms with van der Waals surface area (Å²) in [6.45, 7) is 0. The molecule has 0 unspecified atom stereocenters. The summed E-state index contributed by atoms with van der Waals surface area (Å²) in [6, 6.07) is 14.3. The van der Waals surface area contributed by atoms with E-state index in [9.17, 15) is 4.39 Å². The van der Waals surface area contributed by atoms with Crippen molar-refractivity contribution in [1.82, 2.24) is 30.1 Å². The molecule has 8 heteroatoms. The molecule has 33 heavy (non-hydrogen) atoms. The number of hydrogen-bond donors (Lipinski definition) is 2. The van der Waals surface area contributed by atoms with Gasteiger partial charge < -0.3 is 9.72 Å². The Labute approximate surface area is 187 Å². The van der Waals surface area contributed by atoms with Gasteiger partial charge in [0.25, 0.3) is 0 Å². The molecule has 7 nitrogen and oxygen atoms in total. The Balaban J connectivity index is 1.50. The average Bonchev–Trinajstić information content (AvgIpc) is 3.47. The number of hydrogen-bond acceptors (Lipinski definition) is 5. The third-order valence-corrected chi connectivity index (χ3v) is 5.61. The molecule has 0 atom stereocenters. The van der Waals surface area contributed by atoms with E-state index in [0.717, 1.165) is 44.5 Å². The van der Waals surface area contributed by atoms with Gasteiger partial charge in [-0.05, 0) is 42.5 Å². The summed E-state index contributed by atoms with van der Waals surface area (Å²) in [7, 11) is 1.51. The maximum Gasteiger partial charge on any atom is 0.127 e. The lowest BCUT2D eigenvalue weighted by Gasteiger charge is -2.06. The van der Waals surface area contributed by atoms with Crippen molar-refractivity contribution in [3.8, 4) is 39.7 Å². The van der Waals surface area contributed by atoms with Crippen LogP contribution in [0.3, 0.4) is 0 Å². The molecule has 5 aromatic heterocycles. The maximum atomic E-state index is 14.1. The van der Waals surface area contributed by atoms with E-state index < -0.39 is 0 Å². The fourth-order valence-electron chi connectivity index (χ4n) is 4.03. The highest BCUT2D eigenvalue weighted by atomic mass is 19.1. The Morgan fingerprint density at radius 2 is 1.67 bits per heavy atom. The lowest BCUT2D eigenvalue weighted by Crippen LogP contribution is -1.89. The predicted octanol–water partition coefficient (Wildman–Crippen LogP) is 5.38. The van der Waals surface area contributed by atoms with E-state index in [2.05, 4.69) is 30.1 Å². The van der Waals surface area contributed by atoms with Crippen LogP contribution in [0.1, 0.15) is 0 Å². The van der Waals surface area contributed by atoms with Gasteiger partial charge in [0.2, 0.25) is 0 Å². The molecule has 5 heterocycles. The second-order valence-corrected chi connectivity index (χ2v) is 7.61. The number of methoxy groups -OCH3 is 1. The lowest BCUT2D eigenvalue weighted by atomic mass is 10.1. The zero-order valence-electron chi connectivity index (χ0n) is 17.5. The molecule has 0 saturated carbocycles. The van der Waals surface area contributed by atoms with Crippen molar-refractivity contribution in [2.75, 3.05) is 7.11 Å². The van der Waals surface area contributed by atoms with Crippen molar-refractivity contribution in [2.45, 2.75) is 0 Å². The van der Waals surface area contributed by atoms with Crippen LogP contribution in [0, 0.1) is 5.82 Å². The van der Waals surface area contributed by atoms with Crippen LogP contribution in [0.15, 0.2) is 73.3 Å². The largest absolute Gasteiger partial charge is 0.497 e. The van der Waals surface area contributed by atoms with Crippen LogP contribution in [0.25, 0.3) is 55.7 Å². The molecule has 0 saturated heterocycles. The van der Waals surface area contributed by atoms with Crippen molar-refractivity contribution in [3.63, 3.8) is 0 Å². The number of fused-ring (bicyclic) bond motifs is 2. The van der Waals surface area contributed by atoms with Crippen LogP contribution in [0.2, 0.25) is 0 Å². The smallest absolute Gasteiger partial charge is 0.127 e. The van der Waals surface area contributed by atoms with Gasteiger partial charge in [0, 0.05) is 52.1 Å². The SMILES string of the molecule is COc1cc(F)cc(-c2nccc3[nH]c(-c4n[nH]c5cnc(-c6ccncc6)cc45)cc23)c1. The van der Waals surface area contributed by atoms with Gasteiger partial charge in [-0.1, -0.05) is 0 Å². The molecular weight excluding hydrogens is 419 g/mol. The van der Waals surface area contributed by atoms with Crippen LogP contribution in [0.4, 0.5) is 4.39 Å². The van der Waals surface area contributed by atoms with Gasteiger partial charge in [-0.25, -0.2) is 4.39 Å². The minimum Gasteiger partial charge on any atom is -0.497 e. The Bertz CT molecular complexity index is 1620. The number of H-pyrrole nitrogens is 2. The minimum absolute atomic E-state index is 0.381. The first-order valence-electron chi connectivity index (χ1n) is 10.3. The van der Waals surface area contributed by atoms with E-state index in [1.165, 1.54) is 19.2 Å². The molecule has 6 rings (SSSR count). The number of aromatic nitrogens is 6. The second kappa shape index (κ2) is 7.52. The highest BCUT2D eigenvalue weighted by molar-refractivity contribution is 6.00. The molecule has 1 aromatic carbocycles. The van der Waals surface area contributed by atoms with Crippen LogP contribution in [-0.2, 0) is 0 Å². The predicted molar refractivity (Wildman–Crippen MR) is 124 cm³/mol. The van der Waals surface area contributed by atoms with Gasteiger partial charge in [0.05, 0.1) is 35.9 Å². The zero-order valence-corrected chi connectivity index (χ0v) is 17.5. The Kier molecular flexibility index (Phi) is 4.36. The maximum absolute atomic E-state index is 14.1. The van der Waals surface area contributed by atoms with E-state index in [0.29, 0.717) is 17.0 Å². The molecule has 0 aliphatic rings. The van der Waals surface area contributed by atoms with E-state index in [-0.39, 0.29) is 5.82 Å². The Morgan fingerprint density at radius 3 is 2.52 bits per heavy atom. The summed E-state index contributed by atoms with van der Waals surface area (Å²) in [6.07, 6.45) is 6.95. The van der Waals surface area contributed by atoms with E-state index in [4.69, 9.17) is 4.74 Å². The first-order chi connectivity index (χ1) is 16.2. The number of aromatic amines is 2. The number of nitrogens with one attached hydrogen (secondary N) is 2. The van der Waals surface area contributed by atoms with Crippen molar-refractivity contribution in [1.29, 1.82) is 0 Å². The molecular formula is C25H17FN6O. The second-order valence-electron chi connectivity index (χ2n) is 7.61. The van der Waals surface area contributed by atoms with Gasteiger partial charge >= 0.3 is 0 Å². The number of nitrogens with zero attached hydrogens (tertiary/aromatic N) is 4. The van der Waals surface area contributed by atoms with E-state index in [1.54, 1.807) is 30.9 Å². The topological polar surface area (TPSA) is 92.4 Å². The molecule has 2 N–H and O–H groups in total. The Morgan fingerprint density at radius 1 is 0.818 bits per heavy atom. The van der Waals surface area contributed by atoms with Crippen LogP contribution >= 0.6 is 0 Å². The van der Waals surface area contributed by atoms with Crippen molar-refractivity contribution >= 4 is 21.8 Å². The van der Waals surface area contributed by atoms with Crippen molar-refractivity contribution in [3.05, 3.63) is 79.1 Å². The number of ether oxygens (including phenoxy) is 1. The molecule has 6 aromatic rings. The number of pyridine rings is 3. The fraction of sp³-hybridized carbons (Fsp3) is 0.0400. The highest BCUT2D eigenvalue weighted by Gasteiger charge is 2.16. The molecule has 0 amide bonds. The molecule has 160 valence electrons. The molecule has 0 bridgehead atoms. The monoisotopic (exact) mass is 436 g/mol. The summed E-state index contributed by atoms with van der Waals surface area (Å²) in [5.74, 6) is 0.0577. The normalized spacial score (nSPS) is 11.3. The quantitative estimate of drug-likeness (QED) is 0.387. The summed E-state index contributed by atoms with van der Waals surface area (Å²) in [5, 5.41) is 9.38. The molecule has 0 aliphatic carbocycles. The first kappa shape index (κ1) is 19.1. The standard InChI is InChI=1S/C25H17FN6O/c1-33-17-9-15(8-16(26)10-17)24-18-12-22(30-20(18)4-7-28-24)25-19-11-21(14-2-5-27-6-3-14)29-13-23(19)31-32-25/h2-13,30H,1H3,(H,31,32). The van der Waals surface area contributed by atoms with Crippen molar-refractivity contribution < 1.29 is 9.13 Å². The fourth-order valence-corrected chi connectivity index (χ4v) is 4.03. The number of halogens is 1. The first-order valence-corrected chi connectivity index (χ1v) is 10.3. The summed E-state index contributed by atoms with van der Waals surface area (Å²) >= 11 is 0. The van der Waals surface area contributed by atoms with Gasteiger partial charge in [0.15, 0.2) is 0 Å². The van der Waals surface area contributed by atoms with Crippen LogP contribution in [-0.4, -0.2) is 37.2 Å². The lowest BCUT2D eigenvalue weighted by molar-refractivity contribution is 0.411. The molecule has 0 fully saturated rings. The van der Waals surface area contributed by atoms with Crippen molar-refractivity contribution in [2.24, 2.45) is 0 Å². The number of rotatable bonds is 4. The summed E-state index contributed by atoms with van der Waals surface area (Å²) in [5.41, 5.74) is 6.39. The van der Waals surface area contributed by atoms with Gasteiger partial charge in [-0.2, -0.15) is 5.10 Å². The summed E-state index contributed by atoms with van der Waals surface area (Å²) < 4.78 is 19.4. The van der Waals surface area contributed by atoms with Gasteiger partial charge in [-0.15, -0.1) is 0 Å². The van der Waals surface area contributed by atoms with Crippen LogP contribution < -0.4 is 4.74 Å². The molecule has 0 spiro atoms. The van der Waals surface area contributed by atoms with E-state index >= 15 is 0 Å². The zero-order chi connectivity index (χ0) is 22.4. The Hall–Kier alpha value is -4.59. The van der Waals surface area contributed by atoms with Gasteiger partial charge in [-0.3, -0.25) is 20.1 Å². The third-order valence-electron chi connectivity index (χ3n) is 5.61. The van der Waals surface area contributed by atoms with Crippen LogP contribution in [0.5, 0.6) is 5.75 Å². The molecule has 0 aliphatic heterocycles. The highest BCUT2D eigenvalue weighted by Crippen LogP contribution is 2.34.